The fourth-order valence-electron chi connectivity index (χ4n) is 4.20. The summed E-state index contributed by atoms with van der Waals surface area (Å²) in [6.45, 7) is 14.3. The summed E-state index contributed by atoms with van der Waals surface area (Å²) in [4.78, 5) is 22.8. The molecule has 0 spiro atoms. The molecule has 1 aliphatic heterocycles. The van der Waals surface area contributed by atoms with Crippen molar-refractivity contribution in [3.05, 3.63) is 58.9 Å². The summed E-state index contributed by atoms with van der Waals surface area (Å²) in [5.41, 5.74) is 4.73. The van der Waals surface area contributed by atoms with Gasteiger partial charge in [-0.1, -0.05) is 38.1 Å². The Morgan fingerprint density at radius 1 is 1.03 bits per heavy atom. The molecule has 3 heterocycles. The maximum Gasteiger partial charge on any atom is 0.252 e. The van der Waals surface area contributed by atoms with Gasteiger partial charge in [-0.15, -0.1) is 0 Å². The van der Waals surface area contributed by atoms with Gasteiger partial charge in [-0.05, 0) is 44.0 Å². The second-order valence-electron chi connectivity index (χ2n) is 9.75. The topological polar surface area (TPSA) is 66.3 Å². The van der Waals surface area contributed by atoms with E-state index in [1.807, 2.05) is 10.7 Å². The lowest BCUT2D eigenvalue weighted by Gasteiger charge is -2.32. The molecule has 176 valence electrons. The van der Waals surface area contributed by atoms with Crippen LogP contribution in [0.2, 0.25) is 0 Å². The van der Waals surface area contributed by atoms with E-state index in [1.165, 1.54) is 5.56 Å². The third kappa shape index (κ3) is 5.42. The Bertz CT molecular complexity index is 1090. The van der Waals surface area contributed by atoms with Crippen LogP contribution in [0.1, 0.15) is 66.8 Å². The number of carbonyl (C=O) groups is 1. The summed E-state index contributed by atoms with van der Waals surface area (Å²) >= 11 is 0. The Kier molecular flexibility index (Phi) is 7.10. The number of rotatable bonds is 7. The van der Waals surface area contributed by atoms with E-state index in [1.54, 1.807) is 6.20 Å². The molecule has 3 aromatic rings. The minimum atomic E-state index is -0.0888. The minimum Gasteiger partial charge on any atom is -0.348 e. The summed E-state index contributed by atoms with van der Waals surface area (Å²) in [5.74, 6) is 0.137. The zero-order chi connectivity index (χ0) is 23.5. The molecular formula is C26H36N6O. The molecule has 2 aromatic heterocycles. The first-order valence-electron chi connectivity index (χ1n) is 12.0. The highest BCUT2D eigenvalue weighted by molar-refractivity contribution is 6.05. The third-order valence-corrected chi connectivity index (χ3v) is 6.39. The van der Waals surface area contributed by atoms with Crippen molar-refractivity contribution in [3.63, 3.8) is 0 Å². The summed E-state index contributed by atoms with van der Waals surface area (Å²) in [5, 5.41) is 8.38. The Morgan fingerprint density at radius 2 is 1.70 bits per heavy atom. The number of nitrogens with one attached hydrogen (secondary N) is 1. The van der Waals surface area contributed by atoms with Crippen LogP contribution in [0.15, 0.2) is 36.5 Å². The fourth-order valence-corrected chi connectivity index (χ4v) is 4.20. The largest absolute Gasteiger partial charge is 0.348 e. The molecule has 7 nitrogen and oxygen atoms in total. The predicted octanol–water partition coefficient (Wildman–Crippen LogP) is 3.81. The number of nitrogens with zero attached hydrogens (tertiary/aromatic N) is 5. The highest BCUT2D eigenvalue weighted by atomic mass is 16.1. The molecule has 1 amide bonds. The Hall–Kier alpha value is -2.77. The number of pyridine rings is 1. The maximum absolute atomic E-state index is 13.2. The van der Waals surface area contributed by atoms with E-state index in [-0.39, 0.29) is 17.9 Å². The van der Waals surface area contributed by atoms with E-state index in [2.05, 4.69) is 79.2 Å². The van der Waals surface area contributed by atoms with E-state index >= 15 is 0 Å². The first kappa shape index (κ1) is 23.4. The molecule has 0 atom stereocenters. The van der Waals surface area contributed by atoms with Crippen LogP contribution in [0.25, 0.3) is 11.0 Å². The molecule has 4 rings (SSSR count). The lowest BCUT2D eigenvalue weighted by molar-refractivity contribution is 0.0952. The van der Waals surface area contributed by atoms with E-state index in [4.69, 9.17) is 4.98 Å². The van der Waals surface area contributed by atoms with Gasteiger partial charge in [-0.2, -0.15) is 5.10 Å². The van der Waals surface area contributed by atoms with Crippen molar-refractivity contribution in [3.8, 4) is 0 Å². The van der Waals surface area contributed by atoms with Crippen molar-refractivity contribution in [2.24, 2.45) is 0 Å². The van der Waals surface area contributed by atoms with E-state index in [0.717, 1.165) is 55.0 Å². The third-order valence-electron chi connectivity index (χ3n) is 6.39. The lowest BCUT2D eigenvalue weighted by atomic mass is 10.0. The van der Waals surface area contributed by atoms with Gasteiger partial charge < -0.3 is 10.2 Å². The van der Waals surface area contributed by atoms with Gasteiger partial charge in [0.2, 0.25) is 0 Å². The highest BCUT2D eigenvalue weighted by Gasteiger charge is 2.19. The fraction of sp³-hybridized carbons (Fsp3) is 0.500. The van der Waals surface area contributed by atoms with Crippen molar-refractivity contribution in [2.75, 3.05) is 33.2 Å². The molecule has 1 fully saturated rings. The van der Waals surface area contributed by atoms with Crippen molar-refractivity contribution in [1.82, 2.24) is 29.9 Å². The molecular weight excluding hydrogens is 412 g/mol. The molecule has 1 aliphatic rings. The normalized spacial score (nSPS) is 15.6. The van der Waals surface area contributed by atoms with Gasteiger partial charge in [0.1, 0.15) is 0 Å². The van der Waals surface area contributed by atoms with E-state index < -0.39 is 0 Å². The van der Waals surface area contributed by atoms with Gasteiger partial charge in [0, 0.05) is 51.0 Å². The molecule has 0 aliphatic carbocycles. The predicted molar refractivity (Wildman–Crippen MR) is 132 cm³/mol. The zero-order valence-electron chi connectivity index (χ0n) is 20.5. The Balaban J connectivity index is 1.44. The van der Waals surface area contributed by atoms with Crippen LogP contribution >= 0.6 is 0 Å². The molecule has 1 N–H and O–H groups in total. The smallest absolute Gasteiger partial charge is 0.252 e. The van der Waals surface area contributed by atoms with Crippen LogP contribution in [0.3, 0.4) is 0 Å². The average Bonchev–Trinajstić information content (AvgIpc) is 3.23. The standard InChI is InChI=1S/C26H36N6O/c1-18(2)24-14-22(23-16-28-32(19(3)4)25(23)29-24)26(33)27-15-20-6-8-21(9-7-20)17-31-12-10-30(5)11-13-31/h6-9,14,16,18-19H,10-13,15,17H2,1-5H3,(H,27,33). The molecule has 0 radical (unpaired) electrons. The van der Waals surface area contributed by atoms with Crippen molar-refractivity contribution >= 4 is 16.9 Å². The number of fused-ring (bicyclic) bond motifs is 1. The second kappa shape index (κ2) is 10.0. The zero-order valence-corrected chi connectivity index (χ0v) is 20.5. The average molecular weight is 449 g/mol. The number of hydrogen-bond acceptors (Lipinski definition) is 5. The number of likely N-dealkylation sites (N-methyl/N-ethyl adjacent to an activating group) is 1. The first-order valence-corrected chi connectivity index (χ1v) is 12.0. The number of hydrogen-bond donors (Lipinski definition) is 1. The van der Waals surface area contributed by atoms with Crippen LogP contribution in [0.4, 0.5) is 0 Å². The van der Waals surface area contributed by atoms with Gasteiger partial charge in [0.15, 0.2) is 5.65 Å². The molecule has 33 heavy (non-hydrogen) atoms. The SMILES string of the molecule is CC(C)c1cc(C(=O)NCc2ccc(CN3CCN(C)CC3)cc2)c2cnn(C(C)C)c2n1. The number of benzene rings is 1. The van der Waals surface area contributed by atoms with Gasteiger partial charge in [-0.3, -0.25) is 9.69 Å². The number of carbonyl (C=O) groups excluding carboxylic acids is 1. The van der Waals surface area contributed by atoms with Gasteiger partial charge in [-0.25, -0.2) is 9.67 Å². The summed E-state index contributed by atoms with van der Waals surface area (Å²) in [6, 6.07) is 10.7. The van der Waals surface area contributed by atoms with Gasteiger partial charge in [0.05, 0.1) is 17.1 Å². The van der Waals surface area contributed by atoms with Gasteiger partial charge >= 0.3 is 0 Å². The molecule has 1 saturated heterocycles. The van der Waals surface area contributed by atoms with Crippen molar-refractivity contribution in [2.45, 2.75) is 52.7 Å². The number of amides is 1. The van der Waals surface area contributed by atoms with Crippen LogP contribution in [-0.2, 0) is 13.1 Å². The molecule has 7 heteroatoms. The Morgan fingerprint density at radius 3 is 2.33 bits per heavy atom. The highest BCUT2D eigenvalue weighted by Crippen LogP contribution is 2.24. The molecule has 0 bridgehead atoms. The monoisotopic (exact) mass is 448 g/mol. The molecule has 0 saturated carbocycles. The van der Waals surface area contributed by atoms with Crippen molar-refractivity contribution in [1.29, 1.82) is 0 Å². The summed E-state index contributed by atoms with van der Waals surface area (Å²) < 4.78 is 1.89. The van der Waals surface area contributed by atoms with Crippen molar-refractivity contribution < 1.29 is 4.79 Å². The molecule has 1 aromatic carbocycles. The van der Waals surface area contributed by atoms with Gasteiger partial charge in [0.25, 0.3) is 5.91 Å². The first-order chi connectivity index (χ1) is 15.8. The summed E-state index contributed by atoms with van der Waals surface area (Å²) in [6.07, 6.45) is 1.76. The van der Waals surface area contributed by atoms with Crippen LogP contribution in [0, 0.1) is 0 Å². The van der Waals surface area contributed by atoms with Crippen LogP contribution in [-0.4, -0.2) is 63.7 Å². The maximum atomic E-state index is 13.2. The summed E-state index contributed by atoms with van der Waals surface area (Å²) in [7, 11) is 2.18. The Labute approximate surface area is 196 Å². The van der Waals surface area contributed by atoms with E-state index in [9.17, 15) is 4.79 Å². The molecule has 0 unspecified atom stereocenters. The number of aromatic nitrogens is 3. The van der Waals surface area contributed by atoms with Crippen LogP contribution in [0.5, 0.6) is 0 Å². The second-order valence-corrected chi connectivity index (χ2v) is 9.75. The van der Waals surface area contributed by atoms with Crippen LogP contribution < -0.4 is 5.32 Å². The van der Waals surface area contributed by atoms with E-state index in [0.29, 0.717) is 12.1 Å². The minimum absolute atomic E-state index is 0.0888. The number of piperazine rings is 1. The quantitative estimate of drug-likeness (QED) is 0.595. The lowest BCUT2D eigenvalue weighted by Crippen LogP contribution is -2.43.